The molecule has 2 heterocycles. The fourth-order valence-electron chi connectivity index (χ4n) is 2.96. The first-order chi connectivity index (χ1) is 12.4. The molecule has 6 heteroatoms. The van der Waals surface area contributed by atoms with Crippen LogP contribution in [0.4, 0.5) is 0 Å². The van der Waals surface area contributed by atoms with Gasteiger partial charge in [-0.2, -0.15) is 5.10 Å². The van der Waals surface area contributed by atoms with Crippen molar-refractivity contribution in [1.29, 1.82) is 0 Å². The van der Waals surface area contributed by atoms with Gasteiger partial charge in [0.2, 0.25) is 5.43 Å². The van der Waals surface area contributed by atoms with Crippen molar-refractivity contribution in [2.45, 2.75) is 33.7 Å². The number of carbonyl (C=O) groups is 1. The minimum Gasteiger partial charge on any atom is -0.466 e. The second kappa shape index (κ2) is 7.00. The van der Waals surface area contributed by atoms with Gasteiger partial charge in [0, 0.05) is 17.3 Å². The summed E-state index contributed by atoms with van der Waals surface area (Å²) in [4.78, 5) is 24.9. The number of furan rings is 1. The molecule has 134 valence electrons. The van der Waals surface area contributed by atoms with E-state index in [9.17, 15) is 9.59 Å². The largest absolute Gasteiger partial charge is 0.466 e. The second-order valence-electron chi connectivity index (χ2n) is 6.31. The molecule has 2 aromatic heterocycles. The van der Waals surface area contributed by atoms with Crippen molar-refractivity contribution in [3.63, 3.8) is 0 Å². The van der Waals surface area contributed by atoms with Crippen molar-refractivity contribution in [1.82, 2.24) is 15.1 Å². The van der Waals surface area contributed by atoms with Crippen molar-refractivity contribution in [3.8, 4) is 5.69 Å². The molecule has 0 spiro atoms. The van der Waals surface area contributed by atoms with Crippen LogP contribution in [0.15, 0.2) is 51.7 Å². The number of rotatable bonds is 4. The van der Waals surface area contributed by atoms with Gasteiger partial charge in [0.15, 0.2) is 5.69 Å². The lowest BCUT2D eigenvalue weighted by molar-refractivity contribution is 0.0931. The standard InChI is InChI=1S/C20H21N3O3/c1-12-10-18(24)19(22-23(12)16-8-6-5-7-9-16)20(25)21-14(3)17-11-13(2)26-15(17)4/h5-11,14H,1-4H3,(H,21,25)/t14-/m1/s1. The van der Waals surface area contributed by atoms with Gasteiger partial charge in [-0.25, -0.2) is 4.68 Å². The number of carbonyl (C=O) groups excluding carboxylic acids is 1. The highest BCUT2D eigenvalue weighted by Gasteiger charge is 2.20. The maximum absolute atomic E-state index is 12.6. The van der Waals surface area contributed by atoms with Crippen molar-refractivity contribution in [2.75, 3.05) is 0 Å². The van der Waals surface area contributed by atoms with E-state index < -0.39 is 11.3 Å². The van der Waals surface area contributed by atoms with E-state index in [-0.39, 0.29) is 11.7 Å². The molecule has 3 aromatic rings. The van der Waals surface area contributed by atoms with E-state index in [0.717, 1.165) is 22.8 Å². The minimum absolute atomic E-state index is 0.135. The summed E-state index contributed by atoms with van der Waals surface area (Å²) in [5.41, 5.74) is 1.79. The molecule has 0 aliphatic carbocycles. The molecule has 1 aromatic carbocycles. The number of aromatic nitrogens is 2. The Balaban J connectivity index is 1.92. The second-order valence-corrected chi connectivity index (χ2v) is 6.31. The Morgan fingerprint density at radius 1 is 1.15 bits per heavy atom. The van der Waals surface area contributed by atoms with Crippen molar-refractivity contribution < 1.29 is 9.21 Å². The molecule has 0 bridgehead atoms. The van der Waals surface area contributed by atoms with Gasteiger partial charge < -0.3 is 9.73 Å². The van der Waals surface area contributed by atoms with Crippen LogP contribution < -0.4 is 10.7 Å². The number of para-hydroxylation sites is 1. The highest BCUT2D eigenvalue weighted by molar-refractivity contribution is 5.92. The average molecular weight is 351 g/mol. The fraction of sp³-hybridized carbons (Fsp3) is 0.250. The summed E-state index contributed by atoms with van der Waals surface area (Å²) in [5, 5.41) is 7.12. The summed E-state index contributed by atoms with van der Waals surface area (Å²) in [6.07, 6.45) is 0. The number of amides is 1. The number of hydrogen-bond acceptors (Lipinski definition) is 4. The first-order valence-electron chi connectivity index (χ1n) is 8.41. The summed E-state index contributed by atoms with van der Waals surface area (Å²) in [6, 6.07) is 12.4. The fourth-order valence-corrected chi connectivity index (χ4v) is 2.96. The highest BCUT2D eigenvalue weighted by Crippen LogP contribution is 2.21. The molecule has 0 saturated carbocycles. The van der Waals surface area contributed by atoms with Crippen molar-refractivity contribution >= 4 is 5.91 Å². The number of nitrogens with zero attached hydrogens (tertiary/aromatic N) is 2. The number of aryl methyl sites for hydroxylation is 3. The van der Waals surface area contributed by atoms with Gasteiger partial charge in [0.05, 0.1) is 11.7 Å². The summed E-state index contributed by atoms with van der Waals surface area (Å²) in [6.45, 7) is 7.32. The third-order valence-electron chi connectivity index (χ3n) is 4.22. The molecule has 0 saturated heterocycles. The first-order valence-corrected chi connectivity index (χ1v) is 8.41. The van der Waals surface area contributed by atoms with Gasteiger partial charge in [-0.05, 0) is 45.9 Å². The predicted octanol–water partition coefficient (Wildman–Crippen LogP) is 3.24. The lowest BCUT2D eigenvalue weighted by atomic mass is 10.1. The first kappa shape index (κ1) is 17.7. The van der Waals surface area contributed by atoms with Crippen LogP contribution in [0.1, 0.15) is 46.2 Å². The van der Waals surface area contributed by atoms with Crippen molar-refractivity contribution in [3.05, 3.63) is 81.2 Å². The molecule has 0 aliphatic heterocycles. The summed E-state index contributed by atoms with van der Waals surface area (Å²) in [5.74, 6) is 1.01. The zero-order chi connectivity index (χ0) is 18.8. The molecule has 0 radical (unpaired) electrons. The molecule has 1 N–H and O–H groups in total. The van der Waals surface area contributed by atoms with Crippen LogP contribution in [0.25, 0.3) is 5.69 Å². The van der Waals surface area contributed by atoms with Gasteiger partial charge >= 0.3 is 0 Å². The van der Waals surface area contributed by atoms with Crippen LogP contribution in [-0.2, 0) is 0 Å². The summed E-state index contributed by atoms with van der Waals surface area (Å²) in [7, 11) is 0. The molecule has 1 amide bonds. The quantitative estimate of drug-likeness (QED) is 0.783. The Hall–Kier alpha value is -3.15. The van der Waals surface area contributed by atoms with Crippen LogP contribution in [0.5, 0.6) is 0 Å². The van der Waals surface area contributed by atoms with Gasteiger partial charge in [-0.3, -0.25) is 9.59 Å². The Bertz CT molecular complexity index is 1000. The zero-order valence-corrected chi connectivity index (χ0v) is 15.2. The number of nitrogens with one attached hydrogen (secondary N) is 1. The van der Waals surface area contributed by atoms with Crippen LogP contribution in [0, 0.1) is 20.8 Å². The van der Waals surface area contributed by atoms with Crippen LogP contribution in [-0.4, -0.2) is 15.7 Å². The lowest BCUT2D eigenvalue weighted by Crippen LogP contribution is -2.33. The molecule has 1 atom stereocenters. The normalized spacial score (nSPS) is 12.0. The monoisotopic (exact) mass is 351 g/mol. The van der Waals surface area contributed by atoms with E-state index in [1.165, 1.54) is 6.07 Å². The third-order valence-corrected chi connectivity index (χ3v) is 4.22. The topological polar surface area (TPSA) is 77.1 Å². The zero-order valence-electron chi connectivity index (χ0n) is 15.2. The Morgan fingerprint density at radius 3 is 2.46 bits per heavy atom. The average Bonchev–Trinajstić information content (AvgIpc) is 2.94. The van der Waals surface area contributed by atoms with E-state index in [0.29, 0.717) is 5.69 Å². The maximum atomic E-state index is 12.6. The van der Waals surface area contributed by atoms with Crippen LogP contribution >= 0.6 is 0 Å². The highest BCUT2D eigenvalue weighted by atomic mass is 16.3. The van der Waals surface area contributed by atoms with Gasteiger partial charge in [0.25, 0.3) is 5.91 Å². The Kier molecular flexibility index (Phi) is 4.75. The molecule has 26 heavy (non-hydrogen) atoms. The molecule has 0 aliphatic rings. The third kappa shape index (κ3) is 3.44. The van der Waals surface area contributed by atoms with E-state index in [1.54, 1.807) is 11.6 Å². The Labute approximate surface area is 151 Å². The predicted molar refractivity (Wildman–Crippen MR) is 98.6 cm³/mol. The van der Waals surface area contributed by atoms with Crippen LogP contribution in [0.3, 0.4) is 0 Å². The molecular formula is C20H21N3O3. The molecular weight excluding hydrogens is 330 g/mol. The Morgan fingerprint density at radius 2 is 1.85 bits per heavy atom. The van der Waals surface area contributed by atoms with Gasteiger partial charge in [0.1, 0.15) is 11.5 Å². The molecule has 0 fully saturated rings. The van der Waals surface area contributed by atoms with E-state index >= 15 is 0 Å². The summed E-state index contributed by atoms with van der Waals surface area (Å²) >= 11 is 0. The minimum atomic E-state index is -0.509. The summed E-state index contributed by atoms with van der Waals surface area (Å²) < 4.78 is 7.10. The van der Waals surface area contributed by atoms with E-state index in [4.69, 9.17) is 4.42 Å². The molecule has 0 unspecified atom stereocenters. The van der Waals surface area contributed by atoms with E-state index in [2.05, 4.69) is 10.4 Å². The lowest BCUT2D eigenvalue weighted by Gasteiger charge is -2.14. The van der Waals surface area contributed by atoms with Gasteiger partial charge in [-0.1, -0.05) is 18.2 Å². The number of hydrogen-bond donors (Lipinski definition) is 1. The SMILES string of the molecule is Cc1cc([C@@H](C)NC(=O)c2nn(-c3ccccc3)c(C)cc2=O)c(C)o1. The van der Waals surface area contributed by atoms with Gasteiger partial charge in [-0.15, -0.1) is 0 Å². The molecule has 6 nitrogen and oxygen atoms in total. The van der Waals surface area contributed by atoms with E-state index in [1.807, 2.05) is 57.2 Å². The van der Waals surface area contributed by atoms with Crippen molar-refractivity contribution in [2.24, 2.45) is 0 Å². The molecule has 3 rings (SSSR count). The van der Waals surface area contributed by atoms with Crippen LogP contribution in [0.2, 0.25) is 0 Å². The smallest absolute Gasteiger partial charge is 0.276 e. The maximum Gasteiger partial charge on any atom is 0.276 e. The number of benzene rings is 1.